The van der Waals surface area contributed by atoms with Crippen molar-refractivity contribution in [1.82, 2.24) is 5.32 Å². The van der Waals surface area contributed by atoms with Crippen LogP contribution in [-0.2, 0) is 23.0 Å². The second kappa shape index (κ2) is 10.1. The van der Waals surface area contributed by atoms with Gasteiger partial charge in [0.2, 0.25) is 10.0 Å². The molecule has 0 aliphatic rings. The predicted molar refractivity (Wildman–Crippen MR) is 121 cm³/mol. The number of hydrogen-bond donors (Lipinski definition) is 1. The van der Waals surface area contributed by atoms with Gasteiger partial charge in [0.1, 0.15) is 0 Å². The Morgan fingerprint density at radius 2 is 1.43 bits per heavy atom. The second-order valence-corrected chi connectivity index (χ2v) is 9.05. The standard InChI is InChI=1S/C24H26N2O3S/c1-30(28,29)26(23-12-6-3-7-13-23)19-21-14-16-22(17-15-21)24(27)25-18-8-11-20-9-4-2-5-10-20/h2-7,9-10,12-17H,8,11,18-19H2,1H3,(H,25,27). The summed E-state index contributed by atoms with van der Waals surface area (Å²) in [4.78, 5) is 12.4. The molecule has 3 rings (SSSR count). The number of para-hydroxylation sites is 1. The van der Waals surface area contributed by atoms with Gasteiger partial charge in [-0.2, -0.15) is 0 Å². The Labute approximate surface area is 178 Å². The van der Waals surface area contributed by atoms with E-state index in [2.05, 4.69) is 17.4 Å². The van der Waals surface area contributed by atoms with Crippen molar-refractivity contribution in [2.24, 2.45) is 0 Å². The van der Waals surface area contributed by atoms with Gasteiger partial charge >= 0.3 is 0 Å². The fraction of sp³-hybridized carbons (Fsp3) is 0.208. The second-order valence-electron chi connectivity index (χ2n) is 7.15. The van der Waals surface area contributed by atoms with Crippen molar-refractivity contribution in [3.8, 4) is 0 Å². The number of anilines is 1. The summed E-state index contributed by atoms with van der Waals surface area (Å²) < 4.78 is 25.8. The van der Waals surface area contributed by atoms with Crippen molar-refractivity contribution in [3.63, 3.8) is 0 Å². The molecule has 0 radical (unpaired) electrons. The molecule has 0 aliphatic heterocycles. The Kier molecular flexibility index (Phi) is 7.25. The predicted octanol–water partition coefficient (Wildman–Crippen LogP) is 4.02. The molecule has 0 aliphatic carbocycles. The maximum absolute atomic E-state index is 12.4. The van der Waals surface area contributed by atoms with Crippen LogP contribution in [0.2, 0.25) is 0 Å². The molecule has 1 amide bonds. The van der Waals surface area contributed by atoms with Crippen molar-refractivity contribution < 1.29 is 13.2 Å². The van der Waals surface area contributed by atoms with Gasteiger partial charge < -0.3 is 5.32 Å². The Bertz CT molecular complexity index is 1050. The van der Waals surface area contributed by atoms with Gasteiger partial charge in [-0.25, -0.2) is 8.42 Å². The molecule has 1 N–H and O–H groups in total. The highest BCUT2D eigenvalue weighted by molar-refractivity contribution is 7.92. The Balaban J connectivity index is 1.56. The van der Waals surface area contributed by atoms with Gasteiger partial charge in [-0.3, -0.25) is 9.10 Å². The third-order valence-electron chi connectivity index (χ3n) is 4.76. The number of rotatable bonds is 9. The topological polar surface area (TPSA) is 66.5 Å². The fourth-order valence-electron chi connectivity index (χ4n) is 3.16. The maximum atomic E-state index is 12.4. The molecule has 0 saturated heterocycles. The van der Waals surface area contributed by atoms with Crippen LogP contribution < -0.4 is 9.62 Å². The van der Waals surface area contributed by atoms with Crippen LogP contribution in [0.4, 0.5) is 5.69 Å². The van der Waals surface area contributed by atoms with E-state index < -0.39 is 10.0 Å². The molecule has 0 atom stereocenters. The minimum absolute atomic E-state index is 0.127. The highest BCUT2D eigenvalue weighted by Gasteiger charge is 2.17. The van der Waals surface area contributed by atoms with E-state index in [4.69, 9.17) is 0 Å². The summed E-state index contributed by atoms with van der Waals surface area (Å²) in [7, 11) is -3.43. The molecule has 0 saturated carbocycles. The van der Waals surface area contributed by atoms with E-state index in [0.29, 0.717) is 17.8 Å². The van der Waals surface area contributed by atoms with E-state index in [-0.39, 0.29) is 12.5 Å². The van der Waals surface area contributed by atoms with Gasteiger partial charge in [-0.15, -0.1) is 0 Å². The zero-order valence-electron chi connectivity index (χ0n) is 17.0. The number of carbonyl (C=O) groups excluding carboxylic acids is 1. The summed E-state index contributed by atoms with van der Waals surface area (Å²) in [6.45, 7) is 0.813. The van der Waals surface area contributed by atoms with Crippen LogP contribution in [0.1, 0.15) is 27.9 Å². The minimum atomic E-state index is -3.43. The third-order valence-corrected chi connectivity index (χ3v) is 5.90. The SMILES string of the molecule is CS(=O)(=O)N(Cc1ccc(C(=O)NCCCc2ccccc2)cc1)c1ccccc1. The first kappa shape index (κ1) is 21.6. The average molecular weight is 423 g/mol. The minimum Gasteiger partial charge on any atom is -0.352 e. The first-order valence-electron chi connectivity index (χ1n) is 9.87. The maximum Gasteiger partial charge on any atom is 0.251 e. The van der Waals surface area contributed by atoms with E-state index in [1.165, 1.54) is 16.1 Å². The Hall–Kier alpha value is -3.12. The largest absolute Gasteiger partial charge is 0.352 e. The van der Waals surface area contributed by atoms with Gasteiger partial charge in [-0.1, -0.05) is 60.7 Å². The number of sulfonamides is 1. The van der Waals surface area contributed by atoms with Gasteiger partial charge in [0, 0.05) is 12.1 Å². The van der Waals surface area contributed by atoms with Crippen LogP contribution in [0.3, 0.4) is 0 Å². The quantitative estimate of drug-likeness (QED) is 0.530. The summed E-state index contributed by atoms with van der Waals surface area (Å²) in [5, 5.41) is 2.93. The summed E-state index contributed by atoms with van der Waals surface area (Å²) in [5.41, 5.74) is 3.24. The van der Waals surface area contributed by atoms with Gasteiger partial charge in [-0.05, 0) is 48.2 Å². The lowest BCUT2D eigenvalue weighted by Crippen LogP contribution is -2.29. The van der Waals surface area contributed by atoms with Crippen LogP contribution in [0.25, 0.3) is 0 Å². The number of nitrogens with one attached hydrogen (secondary N) is 1. The Morgan fingerprint density at radius 3 is 2.03 bits per heavy atom. The van der Waals surface area contributed by atoms with Crippen LogP contribution in [0, 0.1) is 0 Å². The molecule has 0 bridgehead atoms. The first-order valence-corrected chi connectivity index (χ1v) is 11.7. The van der Waals surface area contributed by atoms with E-state index in [9.17, 15) is 13.2 Å². The smallest absolute Gasteiger partial charge is 0.251 e. The van der Waals surface area contributed by atoms with Crippen molar-refractivity contribution in [3.05, 3.63) is 102 Å². The molecule has 6 heteroatoms. The number of hydrogen-bond acceptors (Lipinski definition) is 3. The zero-order chi connectivity index (χ0) is 21.4. The molecular formula is C24H26N2O3S. The number of carbonyl (C=O) groups is 1. The highest BCUT2D eigenvalue weighted by atomic mass is 32.2. The molecule has 0 heterocycles. The summed E-state index contributed by atoms with van der Waals surface area (Å²) >= 11 is 0. The molecule has 0 fully saturated rings. The van der Waals surface area contributed by atoms with E-state index >= 15 is 0 Å². The number of benzene rings is 3. The van der Waals surface area contributed by atoms with E-state index in [0.717, 1.165) is 18.4 Å². The summed E-state index contributed by atoms with van der Waals surface area (Å²) in [6, 6.07) is 26.2. The lowest BCUT2D eigenvalue weighted by atomic mass is 10.1. The molecule has 156 valence electrons. The molecule has 3 aromatic rings. The molecule has 5 nitrogen and oxygen atoms in total. The molecule has 0 spiro atoms. The molecule has 0 aromatic heterocycles. The zero-order valence-corrected chi connectivity index (χ0v) is 17.8. The summed E-state index contributed by atoms with van der Waals surface area (Å²) in [6.07, 6.45) is 2.98. The Morgan fingerprint density at radius 1 is 0.833 bits per heavy atom. The van der Waals surface area contributed by atoms with Crippen LogP contribution in [-0.4, -0.2) is 27.1 Å². The third kappa shape index (κ3) is 6.19. The van der Waals surface area contributed by atoms with Crippen LogP contribution in [0.15, 0.2) is 84.9 Å². The van der Waals surface area contributed by atoms with Gasteiger partial charge in [0.15, 0.2) is 0 Å². The lowest BCUT2D eigenvalue weighted by Gasteiger charge is -2.22. The number of nitrogens with zero attached hydrogens (tertiary/aromatic N) is 1. The highest BCUT2D eigenvalue weighted by Crippen LogP contribution is 2.20. The van der Waals surface area contributed by atoms with E-state index in [1.807, 2.05) is 24.3 Å². The van der Waals surface area contributed by atoms with E-state index in [1.54, 1.807) is 48.5 Å². The molecule has 30 heavy (non-hydrogen) atoms. The lowest BCUT2D eigenvalue weighted by molar-refractivity contribution is 0.0953. The summed E-state index contributed by atoms with van der Waals surface area (Å²) in [5.74, 6) is -0.127. The average Bonchev–Trinajstić information content (AvgIpc) is 2.76. The fourth-order valence-corrected chi connectivity index (χ4v) is 4.05. The van der Waals surface area contributed by atoms with Crippen LogP contribution in [0.5, 0.6) is 0 Å². The van der Waals surface area contributed by atoms with Gasteiger partial charge in [0.05, 0.1) is 18.5 Å². The molecule has 3 aromatic carbocycles. The number of aryl methyl sites for hydroxylation is 1. The van der Waals surface area contributed by atoms with Crippen LogP contribution >= 0.6 is 0 Å². The molecular weight excluding hydrogens is 396 g/mol. The number of amides is 1. The monoisotopic (exact) mass is 422 g/mol. The van der Waals surface area contributed by atoms with Crippen molar-refractivity contribution >= 4 is 21.6 Å². The first-order chi connectivity index (χ1) is 14.4. The van der Waals surface area contributed by atoms with Crippen molar-refractivity contribution in [2.45, 2.75) is 19.4 Å². The van der Waals surface area contributed by atoms with Crippen molar-refractivity contribution in [1.29, 1.82) is 0 Å². The van der Waals surface area contributed by atoms with Gasteiger partial charge in [0.25, 0.3) is 5.91 Å². The normalized spacial score (nSPS) is 11.1. The molecule has 0 unspecified atom stereocenters. The van der Waals surface area contributed by atoms with Crippen molar-refractivity contribution in [2.75, 3.05) is 17.1 Å².